The lowest BCUT2D eigenvalue weighted by Gasteiger charge is -2.36. The smallest absolute Gasteiger partial charge is 0.245 e. The van der Waals surface area contributed by atoms with Gasteiger partial charge in [-0.25, -0.2) is 0 Å². The zero-order valence-corrected chi connectivity index (χ0v) is 14.4. The number of ether oxygens (including phenoxy) is 1. The molecule has 5 nitrogen and oxygen atoms in total. The van der Waals surface area contributed by atoms with E-state index in [0.29, 0.717) is 39.1 Å². The molecule has 1 saturated heterocycles. The number of piperidine rings is 1. The zero-order chi connectivity index (χ0) is 16.4. The second-order valence-corrected chi connectivity index (χ2v) is 6.67. The van der Waals surface area contributed by atoms with Crippen molar-refractivity contribution in [3.05, 3.63) is 35.3 Å². The minimum atomic E-state index is -0.0588. The van der Waals surface area contributed by atoms with Gasteiger partial charge in [-0.05, 0) is 37.1 Å². The Labute approximate surface area is 144 Å². The number of rotatable bonds is 2. The van der Waals surface area contributed by atoms with Gasteiger partial charge in [0.25, 0.3) is 0 Å². The van der Waals surface area contributed by atoms with Gasteiger partial charge in [-0.2, -0.15) is 0 Å². The Balaban J connectivity index is 1.72. The van der Waals surface area contributed by atoms with Crippen LogP contribution in [-0.4, -0.2) is 43.0 Å². The average molecular weight is 379 g/mol. The Morgan fingerprint density at radius 1 is 1.26 bits per heavy atom. The number of hydrogen-bond donors (Lipinski definition) is 0. The number of amides is 2. The summed E-state index contributed by atoms with van der Waals surface area (Å²) >= 11 is 3.45. The number of halogens is 1. The first-order valence-corrected chi connectivity index (χ1v) is 8.54. The molecule has 1 fully saturated rings. The molecule has 2 aliphatic heterocycles. The van der Waals surface area contributed by atoms with Gasteiger partial charge in [-0.3, -0.25) is 9.59 Å². The molecule has 0 radical (unpaired) electrons. The van der Waals surface area contributed by atoms with Crippen LogP contribution in [0.2, 0.25) is 0 Å². The molecule has 2 aliphatic rings. The summed E-state index contributed by atoms with van der Waals surface area (Å²) in [5.41, 5.74) is 0.820. The highest BCUT2D eigenvalue weighted by Crippen LogP contribution is 2.35. The van der Waals surface area contributed by atoms with E-state index in [0.717, 1.165) is 15.9 Å². The number of benzene rings is 1. The molecule has 1 aromatic carbocycles. The molecule has 2 heterocycles. The number of fused-ring (bicyclic) bond motifs is 1. The summed E-state index contributed by atoms with van der Waals surface area (Å²) in [6.07, 6.45) is 2.72. The fourth-order valence-electron chi connectivity index (χ4n) is 3.12. The number of hydrogen-bond acceptors (Lipinski definition) is 3. The summed E-state index contributed by atoms with van der Waals surface area (Å²) in [5, 5.41) is 0. The van der Waals surface area contributed by atoms with E-state index in [-0.39, 0.29) is 17.7 Å². The topological polar surface area (TPSA) is 49.9 Å². The molecule has 0 N–H and O–H groups in total. The Morgan fingerprint density at radius 2 is 2.00 bits per heavy atom. The van der Waals surface area contributed by atoms with Crippen LogP contribution in [0.4, 0.5) is 5.69 Å². The van der Waals surface area contributed by atoms with Crippen LogP contribution in [0.5, 0.6) is 5.75 Å². The molecule has 0 aliphatic carbocycles. The second-order valence-electron chi connectivity index (χ2n) is 5.75. The standard InChI is InChI=1S/C17H19BrN2O3/c1-2-16(21)19-7-5-12(6-8-19)17(22)20-9-10-23-15-4-3-13(18)11-14(15)20/h2-4,11-12H,1,5-10H2. The molecule has 0 saturated carbocycles. The largest absolute Gasteiger partial charge is 0.490 e. The molecule has 23 heavy (non-hydrogen) atoms. The van der Waals surface area contributed by atoms with Crippen LogP contribution in [0.1, 0.15) is 12.8 Å². The Kier molecular flexibility index (Phi) is 4.71. The highest BCUT2D eigenvalue weighted by atomic mass is 79.9. The van der Waals surface area contributed by atoms with Crippen molar-refractivity contribution >= 4 is 33.4 Å². The lowest BCUT2D eigenvalue weighted by molar-refractivity contribution is -0.131. The van der Waals surface area contributed by atoms with E-state index < -0.39 is 0 Å². The van der Waals surface area contributed by atoms with Gasteiger partial charge in [0.2, 0.25) is 11.8 Å². The van der Waals surface area contributed by atoms with Crippen LogP contribution in [0, 0.1) is 5.92 Å². The van der Waals surface area contributed by atoms with Gasteiger partial charge >= 0.3 is 0 Å². The van der Waals surface area contributed by atoms with Crippen LogP contribution >= 0.6 is 15.9 Å². The highest BCUT2D eigenvalue weighted by Gasteiger charge is 2.32. The maximum atomic E-state index is 12.9. The van der Waals surface area contributed by atoms with Crippen molar-refractivity contribution < 1.29 is 14.3 Å². The van der Waals surface area contributed by atoms with Crippen molar-refractivity contribution in [3.8, 4) is 5.75 Å². The van der Waals surface area contributed by atoms with Crippen LogP contribution in [0.3, 0.4) is 0 Å². The summed E-state index contributed by atoms with van der Waals surface area (Å²) in [7, 11) is 0. The van der Waals surface area contributed by atoms with E-state index in [9.17, 15) is 9.59 Å². The summed E-state index contributed by atoms with van der Waals surface area (Å²) in [4.78, 5) is 28.1. The van der Waals surface area contributed by atoms with Gasteiger partial charge in [-0.1, -0.05) is 22.5 Å². The number of nitrogens with zero attached hydrogens (tertiary/aromatic N) is 2. The first-order valence-electron chi connectivity index (χ1n) is 7.75. The van der Waals surface area contributed by atoms with Crippen molar-refractivity contribution in [1.29, 1.82) is 0 Å². The number of carbonyl (C=O) groups excluding carboxylic acids is 2. The van der Waals surface area contributed by atoms with Gasteiger partial charge in [0.15, 0.2) is 0 Å². The van der Waals surface area contributed by atoms with Crippen molar-refractivity contribution in [3.63, 3.8) is 0 Å². The van der Waals surface area contributed by atoms with Crippen LogP contribution in [-0.2, 0) is 9.59 Å². The molecule has 0 atom stereocenters. The van der Waals surface area contributed by atoms with E-state index in [1.54, 1.807) is 4.90 Å². The van der Waals surface area contributed by atoms with E-state index in [2.05, 4.69) is 22.5 Å². The van der Waals surface area contributed by atoms with Crippen molar-refractivity contribution in [2.45, 2.75) is 12.8 Å². The lowest BCUT2D eigenvalue weighted by atomic mass is 9.94. The van der Waals surface area contributed by atoms with Gasteiger partial charge in [0.1, 0.15) is 12.4 Å². The average Bonchev–Trinajstić information content (AvgIpc) is 2.60. The number of anilines is 1. The first-order chi connectivity index (χ1) is 11.1. The molecule has 0 spiro atoms. The van der Waals surface area contributed by atoms with Gasteiger partial charge in [-0.15, -0.1) is 0 Å². The minimum absolute atomic E-state index is 0.0474. The van der Waals surface area contributed by atoms with E-state index in [1.807, 2.05) is 23.1 Å². The quantitative estimate of drug-likeness (QED) is 0.743. The summed E-state index contributed by atoms with van der Waals surface area (Å²) in [6.45, 7) is 5.80. The zero-order valence-electron chi connectivity index (χ0n) is 12.8. The van der Waals surface area contributed by atoms with E-state index >= 15 is 0 Å². The Morgan fingerprint density at radius 3 is 2.70 bits per heavy atom. The molecule has 0 aromatic heterocycles. The predicted molar refractivity (Wildman–Crippen MR) is 91.5 cm³/mol. The molecule has 0 unspecified atom stereocenters. The fourth-order valence-corrected chi connectivity index (χ4v) is 3.47. The molecular formula is C17H19BrN2O3. The van der Waals surface area contributed by atoms with Crippen molar-refractivity contribution in [1.82, 2.24) is 4.90 Å². The van der Waals surface area contributed by atoms with Crippen LogP contribution < -0.4 is 9.64 Å². The third kappa shape index (κ3) is 3.27. The molecule has 3 rings (SSSR count). The second kappa shape index (κ2) is 6.74. The normalized spacial score (nSPS) is 18.1. The number of likely N-dealkylation sites (tertiary alicyclic amines) is 1. The van der Waals surface area contributed by atoms with Crippen molar-refractivity contribution in [2.24, 2.45) is 5.92 Å². The SMILES string of the molecule is C=CC(=O)N1CCC(C(=O)N2CCOc3ccc(Br)cc32)CC1. The highest BCUT2D eigenvalue weighted by molar-refractivity contribution is 9.10. The lowest BCUT2D eigenvalue weighted by Crippen LogP contribution is -2.46. The van der Waals surface area contributed by atoms with Gasteiger partial charge in [0.05, 0.1) is 12.2 Å². The molecular weight excluding hydrogens is 360 g/mol. The molecule has 0 bridgehead atoms. The number of carbonyl (C=O) groups is 2. The third-order valence-corrected chi connectivity index (χ3v) is 4.87. The maximum absolute atomic E-state index is 12.9. The monoisotopic (exact) mass is 378 g/mol. The molecule has 1 aromatic rings. The Hall–Kier alpha value is -1.82. The minimum Gasteiger partial charge on any atom is -0.490 e. The predicted octanol–water partition coefficient (Wildman–Crippen LogP) is 2.60. The Bertz CT molecular complexity index is 639. The van der Waals surface area contributed by atoms with E-state index in [1.165, 1.54) is 6.08 Å². The summed E-state index contributed by atoms with van der Waals surface area (Å²) < 4.78 is 6.55. The molecule has 122 valence electrons. The molecule has 2 amide bonds. The van der Waals surface area contributed by atoms with E-state index in [4.69, 9.17) is 4.74 Å². The van der Waals surface area contributed by atoms with Gasteiger partial charge < -0.3 is 14.5 Å². The van der Waals surface area contributed by atoms with Crippen LogP contribution in [0.25, 0.3) is 0 Å². The van der Waals surface area contributed by atoms with Crippen LogP contribution in [0.15, 0.2) is 35.3 Å². The molecule has 6 heteroatoms. The maximum Gasteiger partial charge on any atom is 0.245 e. The fraction of sp³-hybridized carbons (Fsp3) is 0.412. The van der Waals surface area contributed by atoms with Gasteiger partial charge in [0, 0.05) is 23.5 Å². The summed E-state index contributed by atoms with van der Waals surface area (Å²) in [5.74, 6) is 0.760. The summed E-state index contributed by atoms with van der Waals surface area (Å²) in [6, 6.07) is 5.71. The third-order valence-electron chi connectivity index (χ3n) is 4.38. The first kappa shape index (κ1) is 16.1. The van der Waals surface area contributed by atoms with Crippen molar-refractivity contribution in [2.75, 3.05) is 31.1 Å².